The van der Waals surface area contributed by atoms with Crippen molar-refractivity contribution in [1.29, 1.82) is 0 Å². The van der Waals surface area contributed by atoms with Crippen LogP contribution in [0.25, 0.3) is 11.5 Å². The van der Waals surface area contributed by atoms with Gasteiger partial charge in [0.05, 0.1) is 16.8 Å². The summed E-state index contributed by atoms with van der Waals surface area (Å²) < 4.78 is 5.43. The number of nitrogens with zero attached hydrogens (tertiary/aromatic N) is 3. The van der Waals surface area contributed by atoms with Crippen molar-refractivity contribution in [1.82, 2.24) is 10.2 Å². The summed E-state index contributed by atoms with van der Waals surface area (Å²) in [6.45, 7) is 3.55. The van der Waals surface area contributed by atoms with Crippen molar-refractivity contribution < 1.29 is 14.0 Å². The minimum absolute atomic E-state index is 0.322. The third-order valence-electron chi connectivity index (χ3n) is 4.02. The third-order valence-corrected chi connectivity index (χ3v) is 4.02. The summed E-state index contributed by atoms with van der Waals surface area (Å²) in [5, 5.41) is 7.80. The lowest BCUT2D eigenvalue weighted by Gasteiger charge is -2.17. The second kappa shape index (κ2) is 5.13. The first-order chi connectivity index (χ1) is 11.6. The Morgan fingerprint density at radius 1 is 0.917 bits per heavy atom. The van der Waals surface area contributed by atoms with Crippen molar-refractivity contribution in [2.45, 2.75) is 13.8 Å². The molecular weight excluding hydrogens is 306 g/mol. The molecule has 0 radical (unpaired) electrons. The molecule has 0 atom stereocenters. The number of carbonyl (C=O) groups is 2. The van der Waals surface area contributed by atoms with Gasteiger partial charge in [-0.15, -0.1) is 10.2 Å². The van der Waals surface area contributed by atoms with Gasteiger partial charge < -0.3 is 4.42 Å². The average molecular weight is 319 g/mol. The zero-order chi connectivity index (χ0) is 16.8. The van der Waals surface area contributed by atoms with Crippen molar-refractivity contribution >= 4 is 17.5 Å². The Kier molecular flexibility index (Phi) is 3.06. The number of aromatic nitrogens is 2. The fourth-order valence-electron chi connectivity index (χ4n) is 2.80. The van der Waals surface area contributed by atoms with Crippen LogP contribution in [0.2, 0.25) is 0 Å². The smallest absolute Gasteiger partial charge is 0.266 e. The number of aryl methyl sites for hydroxylation is 2. The summed E-state index contributed by atoms with van der Waals surface area (Å²) in [5.74, 6) is 0.160. The highest BCUT2D eigenvalue weighted by atomic mass is 16.4. The molecule has 0 spiro atoms. The second-order valence-corrected chi connectivity index (χ2v) is 5.62. The van der Waals surface area contributed by atoms with Gasteiger partial charge in [0.25, 0.3) is 11.8 Å². The third kappa shape index (κ3) is 2.04. The molecule has 1 aromatic heterocycles. The van der Waals surface area contributed by atoms with Gasteiger partial charge in [-0.25, -0.2) is 4.90 Å². The molecule has 24 heavy (non-hydrogen) atoms. The molecule has 1 aliphatic heterocycles. The van der Waals surface area contributed by atoms with Crippen LogP contribution in [0.5, 0.6) is 0 Å². The molecule has 4 rings (SSSR count). The molecule has 0 fully saturated rings. The maximum Gasteiger partial charge on any atom is 0.266 e. The van der Waals surface area contributed by atoms with E-state index in [1.165, 1.54) is 4.90 Å². The highest BCUT2D eigenvalue weighted by Gasteiger charge is 2.37. The van der Waals surface area contributed by atoms with Crippen LogP contribution >= 0.6 is 0 Å². The fourth-order valence-corrected chi connectivity index (χ4v) is 2.80. The Bertz CT molecular complexity index is 956. The molecule has 0 N–H and O–H groups in total. The predicted molar refractivity (Wildman–Crippen MR) is 86.8 cm³/mol. The topological polar surface area (TPSA) is 76.3 Å². The van der Waals surface area contributed by atoms with Crippen LogP contribution < -0.4 is 4.90 Å². The molecule has 3 aromatic rings. The number of amides is 2. The number of anilines is 1. The number of carbonyl (C=O) groups excluding carboxylic acids is 2. The van der Waals surface area contributed by atoms with E-state index in [0.717, 1.165) is 5.56 Å². The Morgan fingerprint density at radius 3 is 2.17 bits per heavy atom. The zero-order valence-corrected chi connectivity index (χ0v) is 13.1. The lowest BCUT2D eigenvalue weighted by Crippen LogP contribution is -2.30. The van der Waals surface area contributed by atoms with Gasteiger partial charge in [0.2, 0.25) is 11.8 Å². The van der Waals surface area contributed by atoms with Crippen LogP contribution in [-0.4, -0.2) is 22.0 Å². The molecule has 6 nitrogen and oxygen atoms in total. The molecule has 118 valence electrons. The van der Waals surface area contributed by atoms with Crippen molar-refractivity contribution in [3.8, 4) is 11.5 Å². The Hall–Kier alpha value is -3.28. The number of benzene rings is 2. The average Bonchev–Trinajstić information content (AvgIpc) is 3.12. The van der Waals surface area contributed by atoms with Gasteiger partial charge in [-0.2, -0.15) is 0 Å². The van der Waals surface area contributed by atoms with E-state index in [1.807, 2.05) is 19.1 Å². The summed E-state index contributed by atoms with van der Waals surface area (Å²) in [5.41, 5.74) is 2.83. The summed E-state index contributed by atoms with van der Waals surface area (Å²) in [7, 11) is 0. The summed E-state index contributed by atoms with van der Waals surface area (Å²) >= 11 is 0. The van der Waals surface area contributed by atoms with Crippen LogP contribution in [0.1, 0.15) is 32.2 Å². The fraction of sp³-hybridized carbons (Fsp3) is 0.111. The number of fused-ring (bicyclic) bond motifs is 1. The minimum atomic E-state index is -0.322. The molecule has 0 bridgehead atoms. The van der Waals surface area contributed by atoms with Gasteiger partial charge in [-0.1, -0.05) is 18.2 Å². The van der Waals surface area contributed by atoms with Crippen LogP contribution in [0.15, 0.2) is 46.9 Å². The highest BCUT2D eigenvalue weighted by Crippen LogP contribution is 2.33. The normalized spacial score (nSPS) is 13.5. The molecule has 1 aliphatic rings. The van der Waals surface area contributed by atoms with Crippen LogP contribution in [-0.2, 0) is 0 Å². The lowest BCUT2D eigenvalue weighted by atomic mass is 10.1. The van der Waals surface area contributed by atoms with Gasteiger partial charge in [0.1, 0.15) is 0 Å². The highest BCUT2D eigenvalue weighted by molar-refractivity contribution is 6.34. The molecular formula is C18H13N3O3. The SMILES string of the molecule is Cc1nnc(-c2ccc(C)c(N3C(=O)c4ccccc4C3=O)c2)o1. The Balaban J connectivity index is 1.83. The van der Waals surface area contributed by atoms with Gasteiger partial charge in [0, 0.05) is 12.5 Å². The molecule has 0 saturated carbocycles. The molecule has 0 aliphatic carbocycles. The maximum atomic E-state index is 12.7. The van der Waals surface area contributed by atoms with Crippen LogP contribution in [0.4, 0.5) is 5.69 Å². The molecule has 2 amide bonds. The number of rotatable bonds is 2. The van der Waals surface area contributed by atoms with Crippen LogP contribution in [0, 0.1) is 13.8 Å². The van der Waals surface area contributed by atoms with E-state index in [2.05, 4.69) is 10.2 Å². The summed E-state index contributed by atoms with van der Waals surface area (Å²) in [4.78, 5) is 26.5. The van der Waals surface area contributed by atoms with Crippen molar-refractivity contribution in [2.24, 2.45) is 0 Å². The maximum absolute atomic E-state index is 12.7. The molecule has 6 heteroatoms. The van der Waals surface area contributed by atoms with Gasteiger partial charge in [-0.3, -0.25) is 9.59 Å². The quantitative estimate of drug-likeness (QED) is 0.678. The molecule has 0 saturated heterocycles. The van der Waals surface area contributed by atoms with Crippen molar-refractivity contribution in [3.05, 3.63) is 65.0 Å². The summed E-state index contributed by atoms with van der Waals surface area (Å²) in [6, 6.07) is 12.2. The number of hydrogen-bond acceptors (Lipinski definition) is 5. The van der Waals surface area contributed by atoms with Crippen molar-refractivity contribution in [3.63, 3.8) is 0 Å². The standard InChI is InChI=1S/C18H13N3O3/c1-10-7-8-12(16-20-19-11(2)24-16)9-15(10)21-17(22)13-5-3-4-6-14(13)18(21)23/h3-9H,1-2H3. The minimum Gasteiger partial charge on any atom is -0.421 e. The van der Waals surface area contributed by atoms with Gasteiger partial charge in [-0.05, 0) is 36.8 Å². The molecule has 0 unspecified atom stereocenters. The zero-order valence-electron chi connectivity index (χ0n) is 13.1. The predicted octanol–water partition coefficient (Wildman–Crippen LogP) is 3.15. The van der Waals surface area contributed by atoms with E-state index in [1.54, 1.807) is 37.3 Å². The Labute approximate surface area is 137 Å². The monoisotopic (exact) mass is 319 g/mol. The second-order valence-electron chi connectivity index (χ2n) is 5.62. The van der Waals surface area contributed by atoms with E-state index in [0.29, 0.717) is 34.2 Å². The van der Waals surface area contributed by atoms with Crippen molar-refractivity contribution in [2.75, 3.05) is 4.90 Å². The molecule has 2 aromatic carbocycles. The van der Waals surface area contributed by atoms with E-state index in [9.17, 15) is 9.59 Å². The van der Waals surface area contributed by atoms with E-state index in [-0.39, 0.29) is 11.8 Å². The first kappa shape index (κ1) is 14.3. The largest absolute Gasteiger partial charge is 0.421 e. The van der Waals surface area contributed by atoms with E-state index in [4.69, 9.17) is 4.42 Å². The molecule has 2 heterocycles. The summed E-state index contributed by atoms with van der Waals surface area (Å²) in [6.07, 6.45) is 0. The lowest BCUT2D eigenvalue weighted by molar-refractivity contribution is 0.0926. The van der Waals surface area contributed by atoms with Gasteiger partial charge >= 0.3 is 0 Å². The number of imide groups is 1. The Morgan fingerprint density at radius 2 is 1.58 bits per heavy atom. The first-order valence-corrected chi connectivity index (χ1v) is 7.45. The first-order valence-electron chi connectivity index (χ1n) is 7.45. The number of hydrogen-bond donors (Lipinski definition) is 0. The van der Waals surface area contributed by atoms with Crippen LogP contribution in [0.3, 0.4) is 0 Å². The van der Waals surface area contributed by atoms with Gasteiger partial charge in [0.15, 0.2) is 0 Å². The van der Waals surface area contributed by atoms with E-state index >= 15 is 0 Å². The van der Waals surface area contributed by atoms with E-state index < -0.39 is 0 Å².